The lowest BCUT2D eigenvalue weighted by atomic mass is 9.72. The van der Waals surface area contributed by atoms with Gasteiger partial charge in [-0.3, -0.25) is 10.1 Å². The molecule has 1 atom stereocenters. The largest absolute Gasteiger partial charge is 0.323 e. The molecule has 1 aliphatic rings. The molecule has 2 aromatic carbocycles. The van der Waals surface area contributed by atoms with E-state index in [9.17, 15) is 10.1 Å². The molecule has 31 heavy (non-hydrogen) atoms. The molecule has 0 spiro atoms. The Hall–Kier alpha value is -2.75. The van der Waals surface area contributed by atoms with Crippen molar-refractivity contribution >= 4 is 50.3 Å². The summed E-state index contributed by atoms with van der Waals surface area (Å²) in [6.45, 7) is 6.83. The molecule has 0 aliphatic heterocycles. The summed E-state index contributed by atoms with van der Waals surface area (Å²) in [6, 6.07) is 15.7. The van der Waals surface area contributed by atoms with Crippen LogP contribution in [0.2, 0.25) is 0 Å². The molecular weight excluding hydrogens is 422 g/mol. The quantitative estimate of drug-likeness (QED) is 0.469. The number of nitrogens with zero attached hydrogens (tertiary/aromatic N) is 1. The van der Waals surface area contributed by atoms with Crippen LogP contribution in [0.1, 0.15) is 53.6 Å². The van der Waals surface area contributed by atoms with Gasteiger partial charge in [-0.25, -0.2) is 0 Å². The third-order valence-electron chi connectivity index (χ3n) is 6.09. The lowest BCUT2D eigenvalue weighted by Crippen LogP contribution is -2.34. The number of hydrogen-bond acceptors (Lipinski definition) is 4. The number of fused-ring (bicyclic) bond motifs is 2. The van der Waals surface area contributed by atoms with Crippen molar-refractivity contribution in [2.45, 2.75) is 40.0 Å². The SMILES string of the molecule is CC(C)(C)[C@H]1CCc2c(sc(NC(=S)NC(=O)c3cccc4ccccc34)c2C#N)C1. The number of anilines is 1. The zero-order valence-electron chi connectivity index (χ0n) is 17.9. The van der Waals surface area contributed by atoms with Gasteiger partial charge in [0, 0.05) is 10.4 Å². The second-order valence-electron chi connectivity index (χ2n) is 9.06. The van der Waals surface area contributed by atoms with Crippen LogP contribution in [0.15, 0.2) is 42.5 Å². The van der Waals surface area contributed by atoms with Crippen LogP contribution in [-0.2, 0) is 12.8 Å². The number of rotatable bonds is 2. The molecule has 0 unspecified atom stereocenters. The van der Waals surface area contributed by atoms with Crippen LogP contribution in [0, 0.1) is 22.7 Å². The lowest BCUT2D eigenvalue weighted by molar-refractivity contribution is 0.0979. The van der Waals surface area contributed by atoms with Gasteiger partial charge in [-0.05, 0) is 65.2 Å². The summed E-state index contributed by atoms with van der Waals surface area (Å²) in [4.78, 5) is 14.1. The summed E-state index contributed by atoms with van der Waals surface area (Å²) in [5, 5.41) is 18.5. The van der Waals surface area contributed by atoms with Crippen molar-refractivity contribution in [3.05, 3.63) is 64.0 Å². The third-order valence-corrected chi connectivity index (χ3v) is 7.46. The first-order valence-corrected chi connectivity index (χ1v) is 11.6. The van der Waals surface area contributed by atoms with E-state index in [1.807, 2.05) is 36.4 Å². The van der Waals surface area contributed by atoms with Gasteiger partial charge in [-0.15, -0.1) is 11.3 Å². The fraction of sp³-hybridized carbons (Fsp3) is 0.320. The van der Waals surface area contributed by atoms with E-state index in [0.717, 1.165) is 40.6 Å². The molecule has 1 aromatic heterocycles. The maximum Gasteiger partial charge on any atom is 0.258 e. The highest BCUT2D eigenvalue weighted by Gasteiger charge is 2.32. The van der Waals surface area contributed by atoms with Crippen molar-refractivity contribution < 1.29 is 4.79 Å². The minimum atomic E-state index is -0.262. The fourth-order valence-electron chi connectivity index (χ4n) is 4.26. The first-order chi connectivity index (χ1) is 14.8. The Morgan fingerprint density at radius 1 is 1.19 bits per heavy atom. The summed E-state index contributed by atoms with van der Waals surface area (Å²) < 4.78 is 0. The van der Waals surface area contributed by atoms with E-state index in [4.69, 9.17) is 12.2 Å². The second-order valence-corrected chi connectivity index (χ2v) is 10.6. The fourth-order valence-corrected chi connectivity index (χ4v) is 5.80. The molecule has 158 valence electrons. The Balaban J connectivity index is 1.52. The van der Waals surface area contributed by atoms with Crippen LogP contribution in [0.3, 0.4) is 0 Å². The molecule has 0 saturated heterocycles. The number of carbonyl (C=O) groups excluding carboxylic acids is 1. The minimum absolute atomic E-state index is 0.209. The maximum absolute atomic E-state index is 12.9. The molecular formula is C25H25N3OS2. The van der Waals surface area contributed by atoms with Crippen LogP contribution < -0.4 is 10.6 Å². The van der Waals surface area contributed by atoms with Crippen LogP contribution in [0.4, 0.5) is 5.00 Å². The highest BCUT2D eigenvalue weighted by molar-refractivity contribution is 7.80. The van der Waals surface area contributed by atoms with Gasteiger partial charge in [0.05, 0.1) is 5.56 Å². The Labute approximate surface area is 192 Å². The molecule has 4 nitrogen and oxygen atoms in total. The van der Waals surface area contributed by atoms with Crippen molar-refractivity contribution in [2.75, 3.05) is 5.32 Å². The second kappa shape index (κ2) is 8.41. The van der Waals surface area contributed by atoms with Crippen LogP contribution in [0.5, 0.6) is 0 Å². The van der Waals surface area contributed by atoms with Gasteiger partial charge in [-0.1, -0.05) is 57.2 Å². The van der Waals surface area contributed by atoms with E-state index >= 15 is 0 Å². The minimum Gasteiger partial charge on any atom is -0.323 e. The molecule has 1 aliphatic carbocycles. The molecule has 1 amide bonds. The zero-order valence-corrected chi connectivity index (χ0v) is 19.5. The summed E-state index contributed by atoms with van der Waals surface area (Å²) in [6.07, 6.45) is 2.98. The molecule has 0 bridgehead atoms. The van der Waals surface area contributed by atoms with E-state index in [0.29, 0.717) is 17.0 Å². The molecule has 0 fully saturated rings. The zero-order chi connectivity index (χ0) is 22.2. The number of nitrogens with one attached hydrogen (secondary N) is 2. The Morgan fingerprint density at radius 3 is 2.68 bits per heavy atom. The highest BCUT2D eigenvalue weighted by Crippen LogP contribution is 2.43. The number of thiophene rings is 1. The topological polar surface area (TPSA) is 64.9 Å². The highest BCUT2D eigenvalue weighted by atomic mass is 32.1. The Morgan fingerprint density at radius 2 is 1.94 bits per heavy atom. The Kier molecular flexibility index (Phi) is 5.83. The molecule has 0 saturated carbocycles. The average molecular weight is 448 g/mol. The molecule has 0 radical (unpaired) electrons. The number of thiocarbonyl (C=S) groups is 1. The van der Waals surface area contributed by atoms with Crippen molar-refractivity contribution in [3.63, 3.8) is 0 Å². The summed E-state index contributed by atoms with van der Waals surface area (Å²) in [5.41, 5.74) is 2.61. The van der Waals surface area contributed by atoms with Crippen LogP contribution in [-0.4, -0.2) is 11.0 Å². The molecule has 3 aromatic rings. The molecule has 6 heteroatoms. The number of benzene rings is 2. The number of hydrogen-bond donors (Lipinski definition) is 2. The van der Waals surface area contributed by atoms with Gasteiger partial charge >= 0.3 is 0 Å². The Bertz CT molecular complexity index is 1210. The van der Waals surface area contributed by atoms with Crippen molar-refractivity contribution in [3.8, 4) is 6.07 Å². The molecule has 2 N–H and O–H groups in total. The average Bonchev–Trinajstić information content (AvgIpc) is 3.08. The van der Waals surface area contributed by atoms with Gasteiger partial charge in [0.25, 0.3) is 5.91 Å². The van der Waals surface area contributed by atoms with Crippen molar-refractivity contribution in [1.82, 2.24) is 5.32 Å². The normalized spacial score (nSPS) is 15.7. The number of nitriles is 1. The van der Waals surface area contributed by atoms with Gasteiger partial charge in [-0.2, -0.15) is 5.26 Å². The van der Waals surface area contributed by atoms with Gasteiger partial charge < -0.3 is 5.32 Å². The summed E-state index contributed by atoms with van der Waals surface area (Å²) in [5.74, 6) is 0.331. The predicted molar refractivity (Wildman–Crippen MR) is 132 cm³/mol. The van der Waals surface area contributed by atoms with E-state index in [1.165, 1.54) is 4.88 Å². The standard InChI is InChI=1S/C25H25N3OS2/c1-25(2,3)16-11-12-18-20(14-26)23(31-21(18)13-16)28-24(30)27-22(29)19-10-6-8-15-7-4-5-9-17(15)19/h4-10,16H,11-13H2,1-3H3,(H2,27,28,29,30)/t16-/m0/s1. The van der Waals surface area contributed by atoms with Crippen LogP contribution >= 0.6 is 23.6 Å². The van der Waals surface area contributed by atoms with Crippen LogP contribution in [0.25, 0.3) is 10.8 Å². The summed E-state index contributed by atoms with van der Waals surface area (Å²) in [7, 11) is 0. The first-order valence-electron chi connectivity index (χ1n) is 10.4. The lowest BCUT2D eigenvalue weighted by Gasteiger charge is -2.33. The first kappa shape index (κ1) is 21.5. The van der Waals surface area contributed by atoms with Gasteiger partial charge in [0.2, 0.25) is 0 Å². The third kappa shape index (κ3) is 4.34. The maximum atomic E-state index is 12.9. The summed E-state index contributed by atoms with van der Waals surface area (Å²) >= 11 is 7.01. The van der Waals surface area contributed by atoms with E-state index in [-0.39, 0.29) is 16.4 Å². The number of amides is 1. The smallest absolute Gasteiger partial charge is 0.258 e. The number of carbonyl (C=O) groups is 1. The van der Waals surface area contributed by atoms with Gasteiger partial charge in [0.15, 0.2) is 5.11 Å². The van der Waals surface area contributed by atoms with E-state index < -0.39 is 0 Å². The molecule has 1 heterocycles. The van der Waals surface area contributed by atoms with Crippen molar-refractivity contribution in [2.24, 2.45) is 11.3 Å². The van der Waals surface area contributed by atoms with E-state index in [1.54, 1.807) is 17.4 Å². The monoisotopic (exact) mass is 447 g/mol. The van der Waals surface area contributed by atoms with Crippen molar-refractivity contribution in [1.29, 1.82) is 5.26 Å². The predicted octanol–water partition coefficient (Wildman–Crippen LogP) is 6.05. The molecule has 4 rings (SSSR count). The van der Waals surface area contributed by atoms with Gasteiger partial charge in [0.1, 0.15) is 11.1 Å². The van der Waals surface area contributed by atoms with E-state index in [2.05, 4.69) is 37.5 Å².